The highest BCUT2D eigenvalue weighted by molar-refractivity contribution is 5.81. The molecule has 0 amide bonds. The zero-order valence-corrected chi connectivity index (χ0v) is 8.17. The van der Waals surface area contributed by atoms with Crippen molar-refractivity contribution in [2.45, 2.75) is 39.5 Å². The summed E-state index contributed by atoms with van der Waals surface area (Å²) >= 11 is 0. The molecule has 0 unspecified atom stereocenters. The quantitative estimate of drug-likeness (QED) is 0.628. The highest BCUT2D eigenvalue weighted by Crippen LogP contribution is 2.10. The topological polar surface area (TPSA) is 57.9 Å². The minimum atomic E-state index is -0.417. The fraction of sp³-hybridized carbons (Fsp3) is 0.700. The van der Waals surface area contributed by atoms with Crippen LogP contribution in [-0.2, 0) is 9.59 Å². The van der Waals surface area contributed by atoms with E-state index in [0.29, 0.717) is 12.8 Å². The van der Waals surface area contributed by atoms with Crippen LogP contribution in [0.3, 0.4) is 0 Å². The molecule has 0 saturated heterocycles. The largest absolute Gasteiger partial charge is 0.300 e. The van der Waals surface area contributed by atoms with Crippen molar-refractivity contribution < 1.29 is 9.59 Å². The van der Waals surface area contributed by atoms with Gasteiger partial charge in [-0.1, -0.05) is 13.8 Å². The molecule has 0 spiro atoms. The van der Waals surface area contributed by atoms with E-state index in [0.717, 1.165) is 0 Å². The van der Waals surface area contributed by atoms with Crippen LogP contribution in [0.4, 0.5) is 0 Å². The predicted molar refractivity (Wildman–Crippen MR) is 48.9 cm³/mol. The zero-order valence-electron chi connectivity index (χ0n) is 8.17. The van der Waals surface area contributed by atoms with Crippen LogP contribution in [0.15, 0.2) is 0 Å². The Morgan fingerprint density at radius 1 is 1.15 bits per heavy atom. The third kappa shape index (κ3) is 5.13. The van der Waals surface area contributed by atoms with Gasteiger partial charge in [0.2, 0.25) is 0 Å². The number of nitrogens with zero attached hydrogens (tertiary/aromatic N) is 1. The molecule has 0 radical (unpaired) electrons. The molecule has 0 aliphatic carbocycles. The van der Waals surface area contributed by atoms with E-state index < -0.39 is 5.92 Å². The summed E-state index contributed by atoms with van der Waals surface area (Å²) in [7, 11) is 0. The Hall–Kier alpha value is -1.17. The van der Waals surface area contributed by atoms with Gasteiger partial charge in [-0.25, -0.2) is 0 Å². The lowest BCUT2D eigenvalue weighted by Gasteiger charge is -2.04. The maximum atomic E-state index is 11.0. The van der Waals surface area contributed by atoms with E-state index in [-0.39, 0.29) is 24.4 Å². The number of hydrogen-bond acceptors (Lipinski definition) is 3. The molecule has 0 saturated carbocycles. The molecular weight excluding hydrogens is 166 g/mol. The molecule has 0 aromatic carbocycles. The van der Waals surface area contributed by atoms with Crippen LogP contribution in [0.2, 0.25) is 0 Å². The first kappa shape index (κ1) is 11.8. The van der Waals surface area contributed by atoms with Crippen molar-refractivity contribution >= 4 is 11.6 Å². The average Bonchev–Trinajstić information content (AvgIpc) is 2.16. The van der Waals surface area contributed by atoms with Gasteiger partial charge >= 0.3 is 0 Å². The molecule has 0 aromatic heterocycles. The van der Waals surface area contributed by atoms with Crippen molar-refractivity contribution in [3.63, 3.8) is 0 Å². The minimum absolute atomic E-state index is 0.0513. The molecule has 0 rings (SSSR count). The minimum Gasteiger partial charge on any atom is -0.300 e. The van der Waals surface area contributed by atoms with Gasteiger partial charge < -0.3 is 0 Å². The van der Waals surface area contributed by atoms with Gasteiger partial charge in [-0.05, 0) is 0 Å². The molecule has 0 bridgehead atoms. The molecule has 0 fully saturated rings. The molecule has 72 valence electrons. The molecule has 0 heterocycles. The number of ketones is 2. The number of rotatable bonds is 6. The number of carbonyl (C=O) groups excluding carboxylic acids is 2. The second-order valence-corrected chi connectivity index (χ2v) is 3.02. The third-order valence-corrected chi connectivity index (χ3v) is 1.92. The van der Waals surface area contributed by atoms with Crippen molar-refractivity contribution in [3.05, 3.63) is 0 Å². The van der Waals surface area contributed by atoms with E-state index in [9.17, 15) is 9.59 Å². The monoisotopic (exact) mass is 181 g/mol. The lowest BCUT2D eigenvalue weighted by Crippen LogP contribution is -2.10. The maximum absolute atomic E-state index is 11.0. The van der Waals surface area contributed by atoms with Gasteiger partial charge in [0.1, 0.15) is 11.6 Å². The van der Waals surface area contributed by atoms with E-state index in [2.05, 4.69) is 0 Å². The Labute approximate surface area is 78.7 Å². The van der Waals surface area contributed by atoms with E-state index in [4.69, 9.17) is 5.26 Å². The van der Waals surface area contributed by atoms with Gasteiger partial charge in [-0.2, -0.15) is 5.26 Å². The van der Waals surface area contributed by atoms with Gasteiger partial charge in [0, 0.05) is 25.7 Å². The van der Waals surface area contributed by atoms with Gasteiger partial charge in [-0.15, -0.1) is 0 Å². The van der Waals surface area contributed by atoms with Crippen LogP contribution >= 0.6 is 0 Å². The lowest BCUT2D eigenvalue weighted by molar-refractivity contribution is -0.121. The fourth-order valence-electron chi connectivity index (χ4n) is 1.00. The van der Waals surface area contributed by atoms with Crippen LogP contribution < -0.4 is 0 Å². The molecule has 0 N–H and O–H groups in total. The Morgan fingerprint density at radius 3 is 1.77 bits per heavy atom. The molecule has 3 nitrogen and oxygen atoms in total. The number of carbonyl (C=O) groups is 2. The van der Waals surface area contributed by atoms with E-state index in [1.807, 2.05) is 6.07 Å². The molecule has 3 heteroatoms. The molecule has 0 aliphatic rings. The molecular formula is C10H15NO2. The fourth-order valence-corrected chi connectivity index (χ4v) is 1.00. The summed E-state index contributed by atoms with van der Waals surface area (Å²) in [6, 6.07) is 1.99. The first-order valence-electron chi connectivity index (χ1n) is 4.57. The Bertz CT molecular complexity index is 210. The van der Waals surface area contributed by atoms with Crippen molar-refractivity contribution in [2.24, 2.45) is 5.92 Å². The number of hydrogen-bond donors (Lipinski definition) is 0. The van der Waals surface area contributed by atoms with E-state index >= 15 is 0 Å². The second-order valence-electron chi connectivity index (χ2n) is 3.02. The standard InChI is InChI=1S/C10H15NO2/c1-3-9(12)5-8(7-11)6-10(13)4-2/h8H,3-6H2,1-2H3. The van der Waals surface area contributed by atoms with Gasteiger partial charge in [-0.3, -0.25) is 9.59 Å². The highest BCUT2D eigenvalue weighted by Gasteiger charge is 2.14. The SMILES string of the molecule is CCC(=O)CC(C#N)CC(=O)CC. The van der Waals surface area contributed by atoms with Crippen LogP contribution in [0.1, 0.15) is 39.5 Å². The van der Waals surface area contributed by atoms with Gasteiger partial charge in [0.15, 0.2) is 0 Å². The normalized spacial score (nSPS) is 9.69. The first-order chi connectivity index (χ1) is 6.13. The number of Topliss-reactive ketones (excluding diaryl/α,β-unsaturated/α-hetero) is 2. The van der Waals surface area contributed by atoms with Gasteiger partial charge in [0.05, 0.1) is 12.0 Å². The Kier molecular flexibility index (Phi) is 5.79. The molecule has 0 atom stereocenters. The van der Waals surface area contributed by atoms with Gasteiger partial charge in [0.25, 0.3) is 0 Å². The Morgan fingerprint density at radius 2 is 1.54 bits per heavy atom. The maximum Gasteiger partial charge on any atom is 0.133 e. The average molecular weight is 181 g/mol. The third-order valence-electron chi connectivity index (χ3n) is 1.92. The molecule has 0 aromatic rings. The molecule has 0 aliphatic heterocycles. The summed E-state index contributed by atoms with van der Waals surface area (Å²) in [6.07, 6.45) is 1.33. The lowest BCUT2D eigenvalue weighted by atomic mass is 9.96. The zero-order chi connectivity index (χ0) is 10.3. The van der Waals surface area contributed by atoms with E-state index in [1.54, 1.807) is 13.8 Å². The van der Waals surface area contributed by atoms with Crippen molar-refractivity contribution in [1.29, 1.82) is 5.26 Å². The van der Waals surface area contributed by atoms with Crippen LogP contribution in [-0.4, -0.2) is 11.6 Å². The molecule has 13 heavy (non-hydrogen) atoms. The summed E-state index contributed by atoms with van der Waals surface area (Å²) in [4.78, 5) is 22.0. The Balaban J connectivity index is 3.98. The summed E-state index contributed by atoms with van der Waals surface area (Å²) < 4.78 is 0. The second kappa shape index (κ2) is 6.36. The van der Waals surface area contributed by atoms with Crippen molar-refractivity contribution in [2.75, 3.05) is 0 Å². The van der Waals surface area contributed by atoms with Crippen LogP contribution in [0, 0.1) is 17.2 Å². The van der Waals surface area contributed by atoms with Crippen molar-refractivity contribution in [3.8, 4) is 6.07 Å². The van der Waals surface area contributed by atoms with E-state index in [1.165, 1.54) is 0 Å². The van der Waals surface area contributed by atoms with Crippen LogP contribution in [0.25, 0.3) is 0 Å². The van der Waals surface area contributed by atoms with Crippen LogP contribution in [0.5, 0.6) is 0 Å². The first-order valence-corrected chi connectivity index (χ1v) is 4.57. The summed E-state index contributed by atoms with van der Waals surface area (Å²) in [5.41, 5.74) is 0. The predicted octanol–water partition coefficient (Wildman–Crippen LogP) is 1.86. The summed E-state index contributed by atoms with van der Waals surface area (Å²) in [5, 5.41) is 8.66. The summed E-state index contributed by atoms with van der Waals surface area (Å²) in [5.74, 6) is -0.314. The smallest absolute Gasteiger partial charge is 0.133 e. The summed E-state index contributed by atoms with van der Waals surface area (Å²) in [6.45, 7) is 3.52. The number of nitriles is 1. The highest BCUT2D eigenvalue weighted by atomic mass is 16.1. The van der Waals surface area contributed by atoms with Crippen molar-refractivity contribution in [1.82, 2.24) is 0 Å².